The molecule has 0 spiro atoms. The number of aromatic amines is 1. The summed E-state index contributed by atoms with van der Waals surface area (Å²) in [7, 11) is 1.45. The molecule has 1 aromatic rings. The predicted molar refractivity (Wildman–Crippen MR) is 41.2 cm³/mol. The zero-order valence-electron chi connectivity index (χ0n) is 6.70. The summed E-state index contributed by atoms with van der Waals surface area (Å²) in [5.41, 5.74) is -0.385. The SMILES string of the molecule is COc1nc(C2CC2)[nH]c(=O)n1. The lowest BCUT2D eigenvalue weighted by atomic mass is 10.4. The Kier molecular flexibility index (Phi) is 1.56. The van der Waals surface area contributed by atoms with Crippen molar-refractivity contribution in [2.75, 3.05) is 7.11 Å². The van der Waals surface area contributed by atoms with Crippen LogP contribution in [-0.2, 0) is 0 Å². The highest BCUT2D eigenvalue weighted by atomic mass is 16.5. The molecule has 1 saturated carbocycles. The second kappa shape index (κ2) is 2.58. The van der Waals surface area contributed by atoms with Crippen molar-refractivity contribution >= 4 is 0 Å². The van der Waals surface area contributed by atoms with Gasteiger partial charge in [-0.1, -0.05) is 0 Å². The third kappa shape index (κ3) is 1.30. The van der Waals surface area contributed by atoms with Gasteiger partial charge in [0, 0.05) is 5.92 Å². The normalized spacial score (nSPS) is 16.1. The number of ether oxygens (including phenoxy) is 1. The van der Waals surface area contributed by atoms with Crippen molar-refractivity contribution in [2.24, 2.45) is 0 Å². The van der Waals surface area contributed by atoms with Crippen LogP contribution in [0.3, 0.4) is 0 Å². The molecule has 0 radical (unpaired) electrons. The van der Waals surface area contributed by atoms with E-state index in [4.69, 9.17) is 4.74 Å². The van der Waals surface area contributed by atoms with Gasteiger partial charge in [-0.15, -0.1) is 4.98 Å². The third-order valence-electron chi connectivity index (χ3n) is 1.79. The molecule has 0 atom stereocenters. The average molecular weight is 167 g/mol. The maximum absolute atomic E-state index is 10.9. The molecular weight excluding hydrogens is 158 g/mol. The number of rotatable bonds is 2. The first-order valence-electron chi connectivity index (χ1n) is 3.82. The van der Waals surface area contributed by atoms with Crippen molar-refractivity contribution in [1.82, 2.24) is 15.0 Å². The van der Waals surface area contributed by atoms with Gasteiger partial charge in [-0.3, -0.25) is 4.98 Å². The van der Waals surface area contributed by atoms with Crippen molar-refractivity contribution in [2.45, 2.75) is 18.8 Å². The lowest BCUT2D eigenvalue weighted by molar-refractivity contribution is 0.373. The first-order valence-corrected chi connectivity index (χ1v) is 3.82. The summed E-state index contributed by atoms with van der Waals surface area (Å²) in [4.78, 5) is 21.0. The summed E-state index contributed by atoms with van der Waals surface area (Å²) < 4.78 is 4.77. The molecule has 1 fully saturated rings. The first kappa shape index (κ1) is 7.27. The van der Waals surface area contributed by atoms with E-state index in [1.165, 1.54) is 7.11 Å². The Morgan fingerprint density at radius 2 is 2.25 bits per heavy atom. The maximum Gasteiger partial charge on any atom is 0.350 e. The van der Waals surface area contributed by atoms with Gasteiger partial charge in [0.05, 0.1) is 7.11 Å². The van der Waals surface area contributed by atoms with Crippen LogP contribution in [0, 0.1) is 0 Å². The summed E-state index contributed by atoms with van der Waals surface area (Å²) in [5.74, 6) is 1.11. The van der Waals surface area contributed by atoms with Crippen LogP contribution < -0.4 is 10.4 Å². The Balaban J connectivity index is 2.41. The van der Waals surface area contributed by atoms with Gasteiger partial charge >= 0.3 is 11.7 Å². The fourth-order valence-corrected chi connectivity index (χ4v) is 1.02. The van der Waals surface area contributed by atoms with Crippen LogP contribution >= 0.6 is 0 Å². The Hall–Kier alpha value is -1.39. The molecule has 5 heteroatoms. The van der Waals surface area contributed by atoms with Crippen LogP contribution in [0.15, 0.2) is 4.79 Å². The van der Waals surface area contributed by atoms with Gasteiger partial charge < -0.3 is 4.74 Å². The van der Waals surface area contributed by atoms with E-state index in [-0.39, 0.29) is 11.7 Å². The van der Waals surface area contributed by atoms with Crippen molar-refractivity contribution in [3.63, 3.8) is 0 Å². The largest absolute Gasteiger partial charge is 0.467 e. The van der Waals surface area contributed by atoms with Crippen LogP contribution in [0.2, 0.25) is 0 Å². The lowest BCUT2D eigenvalue weighted by Gasteiger charge is -1.98. The smallest absolute Gasteiger partial charge is 0.350 e. The second-order valence-electron chi connectivity index (χ2n) is 2.80. The molecule has 5 nitrogen and oxygen atoms in total. The summed E-state index contributed by atoms with van der Waals surface area (Å²) in [6.07, 6.45) is 2.19. The summed E-state index contributed by atoms with van der Waals surface area (Å²) in [6.45, 7) is 0. The van der Waals surface area contributed by atoms with E-state index in [0.717, 1.165) is 12.8 Å². The van der Waals surface area contributed by atoms with Gasteiger partial charge in [0.2, 0.25) is 0 Å². The molecule has 0 saturated heterocycles. The molecule has 0 amide bonds. The molecule has 0 bridgehead atoms. The fourth-order valence-electron chi connectivity index (χ4n) is 1.02. The van der Waals surface area contributed by atoms with Crippen LogP contribution in [0.4, 0.5) is 0 Å². The number of H-pyrrole nitrogens is 1. The zero-order chi connectivity index (χ0) is 8.55. The predicted octanol–water partition coefficient (Wildman–Crippen LogP) is 0.0509. The Labute approximate surface area is 68.8 Å². The van der Waals surface area contributed by atoms with Gasteiger partial charge in [0.1, 0.15) is 5.82 Å². The molecule has 1 aromatic heterocycles. The summed E-state index contributed by atoms with van der Waals surface area (Å²) >= 11 is 0. The van der Waals surface area contributed by atoms with Crippen molar-refractivity contribution < 1.29 is 4.74 Å². The topological polar surface area (TPSA) is 67.9 Å². The van der Waals surface area contributed by atoms with Gasteiger partial charge in [0.15, 0.2) is 0 Å². The van der Waals surface area contributed by atoms with E-state index in [9.17, 15) is 4.79 Å². The first-order chi connectivity index (χ1) is 5.79. The zero-order valence-corrected chi connectivity index (χ0v) is 6.70. The van der Waals surface area contributed by atoms with E-state index in [1.807, 2.05) is 0 Å². The summed E-state index contributed by atoms with van der Waals surface area (Å²) in [5, 5.41) is 0. The lowest BCUT2D eigenvalue weighted by Crippen LogP contribution is -2.15. The number of hydrogen-bond donors (Lipinski definition) is 1. The molecule has 1 aliphatic rings. The Morgan fingerprint density at radius 3 is 2.83 bits per heavy atom. The van der Waals surface area contributed by atoms with E-state index >= 15 is 0 Å². The molecule has 0 aliphatic heterocycles. The number of aromatic nitrogens is 3. The minimum absolute atomic E-state index is 0.153. The molecule has 64 valence electrons. The molecule has 2 rings (SSSR count). The summed E-state index contributed by atoms with van der Waals surface area (Å²) in [6, 6.07) is 0.153. The molecule has 0 aromatic carbocycles. The molecule has 0 unspecified atom stereocenters. The van der Waals surface area contributed by atoms with Crippen LogP contribution in [0.1, 0.15) is 24.6 Å². The molecule has 1 N–H and O–H groups in total. The number of hydrogen-bond acceptors (Lipinski definition) is 4. The van der Waals surface area contributed by atoms with Crippen LogP contribution in [-0.4, -0.2) is 22.1 Å². The van der Waals surface area contributed by atoms with E-state index < -0.39 is 0 Å². The monoisotopic (exact) mass is 167 g/mol. The fraction of sp³-hybridized carbons (Fsp3) is 0.571. The highest BCUT2D eigenvalue weighted by Crippen LogP contribution is 2.37. The van der Waals surface area contributed by atoms with Crippen molar-refractivity contribution in [3.05, 3.63) is 16.3 Å². The van der Waals surface area contributed by atoms with Gasteiger partial charge in [-0.05, 0) is 12.8 Å². The van der Waals surface area contributed by atoms with E-state index in [0.29, 0.717) is 11.7 Å². The highest BCUT2D eigenvalue weighted by molar-refractivity contribution is 5.06. The van der Waals surface area contributed by atoms with Gasteiger partial charge in [-0.2, -0.15) is 4.98 Å². The number of nitrogens with zero attached hydrogens (tertiary/aromatic N) is 2. The third-order valence-corrected chi connectivity index (χ3v) is 1.79. The van der Waals surface area contributed by atoms with Crippen molar-refractivity contribution in [3.8, 4) is 6.01 Å². The molecule has 1 heterocycles. The molecular formula is C7H9N3O2. The molecule has 12 heavy (non-hydrogen) atoms. The quantitative estimate of drug-likeness (QED) is 0.675. The molecule has 1 aliphatic carbocycles. The van der Waals surface area contributed by atoms with Crippen LogP contribution in [0.25, 0.3) is 0 Å². The van der Waals surface area contributed by atoms with Crippen molar-refractivity contribution in [1.29, 1.82) is 0 Å². The van der Waals surface area contributed by atoms with Gasteiger partial charge in [-0.25, -0.2) is 4.79 Å². The second-order valence-corrected chi connectivity index (χ2v) is 2.80. The van der Waals surface area contributed by atoms with E-state index in [1.54, 1.807) is 0 Å². The Bertz CT molecular complexity index is 343. The number of nitrogens with one attached hydrogen (secondary N) is 1. The Morgan fingerprint density at radius 1 is 1.50 bits per heavy atom. The average Bonchev–Trinajstić information content (AvgIpc) is 2.85. The highest BCUT2D eigenvalue weighted by Gasteiger charge is 2.26. The van der Waals surface area contributed by atoms with Gasteiger partial charge in [0.25, 0.3) is 0 Å². The number of methoxy groups -OCH3 is 1. The maximum atomic E-state index is 10.9. The van der Waals surface area contributed by atoms with Crippen LogP contribution in [0.5, 0.6) is 6.01 Å². The minimum Gasteiger partial charge on any atom is -0.467 e. The van der Waals surface area contributed by atoms with E-state index in [2.05, 4.69) is 15.0 Å². The standard InChI is InChI=1S/C7H9N3O2/c1-12-7-9-5(4-2-3-4)8-6(11)10-7/h4H,2-3H2,1H3,(H,8,9,10,11). The minimum atomic E-state index is -0.385.